The molecular weight excluding hydrogens is 271 g/mol. The van der Waals surface area contributed by atoms with Crippen LogP contribution >= 0.6 is 0 Å². The topological polar surface area (TPSA) is 44.5 Å². The number of ether oxygens (including phenoxy) is 2. The normalized spacial score (nSPS) is 29.7. The van der Waals surface area contributed by atoms with Crippen LogP contribution in [0.1, 0.15) is 26.7 Å². The van der Waals surface area contributed by atoms with Gasteiger partial charge in [0.05, 0.1) is 0 Å². The molecule has 0 spiro atoms. The average molecular weight is 289 g/mol. The van der Waals surface area contributed by atoms with Gasteiger partial charge in [0.1, 0.15) is 6.10 Å². The molecule has 3 unspecified atom stereocenters. The SMILES string of the molecule is CCC1(C)C(N)CC1Oc1ccccc1OC(F)(F)F. The molecule has 0 heterocycles. The predicted molar refractivity (Wildman–Crippen MR) is 68.5 cm³/mol. The molecule has 3 nitrogen and oxygen atoms in total. The van der Waals surface area contributed by atoms with Crippen molar-refractivity contribution in [2.75, 3.05) is 0 Å². The fourth-order valence-electron chi connectivity index (χ4n) is 2.43. The van der Waals surface area contributed by atoms with Gasteiger partial charge in [0.25, 0.3) is 0 Å². The summed E-state index contributed by atoms with van der Waals surface area (Å²) in [7, 11) is 0. The Bertz CT molecular complexity index is 478. The van der Waals surface area contributed by atoms with E-state index in [9.17, 15) is 13.2 Å². The van der Waals surface area contributed by atoms with Crippen LogP contribution in [0.15, 0.2) is 24.3 Å². The van der Waals surface area contributed by atoms with Gasteiger partial charge in [-0.25, -0.2) is 0 Å². The largest absolute Gasteiger partial charge is 0.573 e. The summed E-state index contributed by atoms with van der Waals surface area (Å²) in [6.07, 6.45) is -3.49. The Hall–Kier alpha value is -1.43. The molecule has 112 valence electrons. The predicted octanol–water partition coefficient (Wildman–Crippen LogP) is 3.48. The Kier molecular flexibility index (Phi) is 3.86. The molecule has 0 aromatic heterocycles. The molecule has 2 N–H and O–H groups in total. The van der Waals surface area contributed by atoms with Crippen molar-refractivity contribution in [2.45, 2.75) is 45.2 Å². The third-order valence-electron chi connectivity index (χ3n) is 4.16. The van der Waals surface area contributed by atoms with Crippen LogP contribution in [-0.2, 0) is 0 Å². The van der Waals surface area contributed by atoms with Crippen molar-refractivity contribution in [2.24, 2.45) is 11.1 Å². The maximum atomic E-state index is 12.3. The van der Waals surface area contributed by atoms with Crippen molar-refractivity contribution in [1.29, 1.82) is 0 Å². The Morgan fingerprint density at radius 2 is 1.90 bits per heavy atom. The van der Waals surface area contributed by atoms with Gasteiger partial charge < -0.3 is 15.2 Å². The van der Waals surface area contributed by atoms with E-state index in [1.807, 2.05) is 13.8 Å². The Balaban J connectivity index is 2.14. The zero-order valence-electron chi connectivity index (χ0n) is 11.4. The number of hydrogen-bond acceptors (Lipinski definition) is 3. The molecule has 2 rings (SSSR count). The molecule has 1 fully saturated rings. The smallest absolute Gasteiger partial charge is 0.486 e. The van der Waals surface area contributed by atoms with E-state index in [0.717, 1.165) is 6.42 Å². The summed E-state index contributed by atoms with van der Waals surface area (Å²) < 4.78 is 46.7. The van der Waals surface area contributed by atoms with E-state index in [1.165, 1.54) is 18.2 Å². The highest BCUT2D eigenvalue weighted by Crippen LogP contribution is 2.46. The monoisotopic (exact) mass is 289 g/mol. The summed E-state index contributed by atoms with van der Waals surface area (Å²) in [6.45, 7) is 3.98. The first-order chi connectivity index (χ1) is 9.26. The molecule has 20 heavy (non-hydrogen) atoms. The summed E-state index contributed by atoms with van der Waals surface area (Å²) in [5, 5.41) is 0. The molecule has 0 saturated heterocycles. The molecule has 3 atom stereocenters. The maximum absolute atomic E-state index is 12.3. The third kappa shape index (κ3) is 2.85. The van der Waals surface area contributed by atoms with Crippen LogP contribution in [0, 0.1) is 5.41 Å². The highest BCUT2D eigenvalue weighted by Gasteiger charge is 2.50. The quantitative estimate of drug-likeness (QED) is 0.923. The molecule has 1 aliphatic rings. The van der Waals surface area contributed by atoms with Crippen molar-refractivity contribution < 1.29 is 22.6 Å². The molecule has 1 saturated carbocycles. The van der Waals surface area contributed by atoms with Gasteiger partial charge in [-0.3, -0.25) is 0 Å². The molecule has 1 aromatic carbocycles. The van der Waals surface area contributed by atoms with Crippen LogP contribution in [0.2, 0.25) is 0 Å². The van der Waals surface area contributed by atoms with Crippen LogP contribution in [0.25, 0.3) is 0 Å². The summed E-state index contributed by atoms with van der Waals surface area (Å²) in [5.74, 6) is -0.222. The first kappa shape index (κ1) is 15.0. The lowest BCUT2D eigenvalue weighted by atomic mass is 9.62. The minimum absolute atomic E-state index is 0.00759. The standard InChI is InChI=1S/C14H18F3NO2/c1-3-13(2)11(18)8-12(13)19-9-6-4-5-7-10(9)20-14(15,16)17/h4-7,11-12H,3,8,18H2,1-2H3. The number of nitrogens with two attached hydrogens (primary N) is 1. The minimum atomic E-state index is -4.73. The number of hydrogen-bond donors (Lipinski definition) is 1. The van der Waals surface area contributed by atoms with E-state index in [0.29, 0.717) is 6.42 Å². The van der Waals surface area contributed by atoms with Gasteiger partial charge in [-0.05, 0) is 18.6 Å². The lowest BCUT2D eigenvalue weighted by Crippen LogP contribution is -2.61. The molecule has 1 aliphatic carbocycles. The van der Waals surface area contributed by atoms with E-state index in [-0.39, 0.29) is 29.1 Å². The second-order valence-electron chi connectivity index (χ2n) is 5.30. The Morgan fingerprint density at radius 1 is 1.30 bits per heavy atom. The van der Waals surface area contributed by atoms with E-state index in [2.05, 4.69) is 4.74 Å². The van der Waals surface area contributed by atoms with Crippen LogP contribution in [0.3, 0.4) is 0 Å². The van der Waals surface area contributed by atoms with Gasteiger partial charge in [0.15, 0.2) is 11.5 Å². The van der Waals surface area contributed by atoms with Crippen molar-refractivity contribution in [3.63, 3.8) is 0 Å². The van der Waals surface area contributed by atoms with E-state index >= 15 is 0 Å². The van der Waals surface area contributed by atoms with Crippen LogP contribution in [0.4, 0.5) is 13.2 Å². The average Bonchev–Trinajstić information content (AvgIpc) is 2.37. The Labute approximate surface area is 115 Å². The zero-order chi connectivity index (χ0) is 15.0. The van der Waals surface area contributed by atoms with Crippen molar-refractivity contribution in [1.82, 2.24) is 0 Å². The van der Waals surface area contributed by atoms with Gasteiger partial charge in [0.2, 0.25) is 0 Å². The number of rotatable bonds is 4. The highest BCUT2D eigenvalue weighted by molar-refractivity contribution is 5.40. The third-order valence-corrected chi connectivity index (χ3v) is 4.16. The van der Waals surface area contributed by atoms with Crippen LogP contribution in [0.5, 0.6) is 11.5 Å². The van der Waals surface area contributed by atoms with Gasteiger partial charge >= 0.3 is 6.36 Å². The highest BCUT2D eigenvalue weighted by atomic mass is 19.4. The summed E-state index contributed by atoms with van der Waals surface area (Å²) >= 11 is 0. The summed E-state index contributed by atoms with van der Waals surface area (Å²) in [5.41, 5.74) is 5.74. The van der Waals surface area contributed by atoms with E-state index in [1.54, 1.807) is 6.07 Å². The maximum Gasteiger partial charge on any atom is 0.573 e. The fraction of sp³-hybridized carbons (Fsp3) is 0.571. The minimum Gasteiger partial charge on any atom is -0.486 e. The molecule has 0 aliphatic heterocycles. The number of para-hydroxylation sites is 2. The molecule has 0 radical (unpaired) electrons. The molecule has 1 aromatic rings. The van der Waals surface area contributed by atoms with Crippen LogP contribution in [-0.4, -0.2) is 18.5 Å². The summed E-state index contributed by atoms with van der Waals surface area (Å²) in [6, 6.07) is 5.80. The van der Waals surface area contributed by atoms with Crippen molar-refractivity contribution in [3.05, 3.63) is 24.3 Å². The number of halogens is 3. The van der Waals surface area contributed by atoms with Gasteiger partial charge in [-0.15, -0.1) is 13.2 Å². The lowest BCUT2D eigenvalue weighted by molar-refractivity contribution is -0.275. The first-order valence-corrected chi connectivity index (χ1v) is 6.53. The summed E-state index contributed by atoms with van der Waals surface area (Å²) in [4.78, 5) is 0. The first-order valence-electron chi connectivity index (χ1n) is 6.53. The lowest BCUT2D eigenvalue weighted by Gasteiger charge is -2.51. The van der Waals surface area contributed by atoms with Crippen molar-refractivity contribution in [3.8, 4) is 11.5 Å². The molecular formula is C14H18F3NO2. The molecule has 6 heteroatoms. The van der Waals surface area contributed by atoms with Gasteiger partial charge in [-0.1, -0.05) is 26.0 Å². The molecule has 0 bridgehead atoms. The zero-order valence-corrected chi connectivity index (χ0v) is 11.4. The van der Waals surface area contributed by atoms with E-state index in [4.69, 9.17) is 10.5 Å². The molecule has 0 amide bonds. The number of alkyl halides is 3. The second kappa shape index (κ2) is 5.16. The van der Waals surface area contributed by atoms with E-state index < -0.39 is 6.36 Å². The number of benzene rings is 1. The fourth-order valence-corrected chi connectivity index (χ4v) is 2.43. The van der Waals surface area contributed by atoms with Crippen molar-refractivity contribution >= 4 is 0 Å². The van der Waals surface area contributed by atoms with Gasteiger partial charge in [0, 0.05) is 17.9 Å². The Morgan fingerprint density at radius 3 is 2.40 bits per heavy atom. The second-order valence-corrected chi connectivity index (χ2v) is 5.30. The van der Waals surface area contributed by atoms with Crippen LogP contribution < -0.4 is 15.2 Å². The van der Waals surface area contributed by atoms with Gasteiger partial charge in [-0.2, -0.15) is 0 Å².